The first-order chi connectivity index (χ1) is 5.79. The molecule has 1 heteroatoms. The Kier molecular flexibility index (Phi) is 1.74. The second-order valence-electron chi connectivity index (χ2n) is 2.86. The first-order valence-electron chi connectivity index (χ1n) is 3.92. The number of hydrogen-bond acceptors (Lipinski definition) is 1. The number of aryl methyl sites for hydroxylation is 1. The van der Waals surface area contributed by atoms with Crippen molar-refractivity contribution in [2.75, 3.05) is 0 Å². The molecule has 1 aromatic carbocycles. The van der Waals surface area contributed by atoms with Crippen LogP contribution in [0.3, 0.4) is 0 Å². The van der Waals surface area contributed by atoms with Crippen LogP contribution in [0.15, 0.2) is 30.8 Å². The van der Waals surface area contributed by atoms with Crippen LogP contribution < -0.4 is 0 Å². The first kappa shape index (κ1) is 7.56. The number of benzene rings is 1. The Morgan fingerprint density at radius 2 is 2.17 bits per heavy atom. The Morgan fingerprint density at radius 1 is 1.33 bits per heavy atom. The lowest BCUT2D eigenvalue weighted by Gasteiger charge is -1.91. The predicted molar refractivity (Wildman–Crippen MR) is 56.7 cm³/mol. The van der Waals surface area contributed by atoms with Crippen LogP contribution in [0.5, 0.6) is 0 Å². The van der Waals surface area contributed by atoms with E-state index in [-0.39, 0.29) is 0 Å². The Bertz CT molecular complexity index is 423. The molecule has 0 spiro atoms. The standard InChI is InChI=1S/C11H10S/c1-3-9-4-5-11-10(7-9)6-8(2)12-11/h3-7H,1H2,2H3. The fourth-order valence-electron chi connectivity index (χ4n) is 1.32. The Morgan fingerprint density at radius 3 is 2.92 bits per heavy atom. The van der Waals surface area contributed by atoms with E-state index < -0.39 is 0 Å². The third kappa shape index (κ3) is 1.16. The summed E-state index contributed by atoms with van der Waals surface area (Å²) >= 11 is 1.84. The molecule has 0 N–H and O–H groups in total. The van der Waals surface area contributed by atoms with Crippen LogP contribution >= 0.6 is 11.3 Å². The van der Waals surface area contributed by atoms with E-state index in [0.717, 1.165) is 0 Å². The summed E-state index contributed by atoms with van der Waals surface area (Å²) in [6, 6.07) is 8.65. The van der Waals surface area contributed by atoms with E-state index in [0.29, 0.717) is 0 Å². The summed E-state index contributed by atoms with van der Waals surface area (Å²) < 4.78 is 1.36. The molecule has 0 radical (unpaired) electrons. The lowest BCUT2D eigenvalue weighted by Crippen LogP contribution is -1.68. The maximum absolute atomic E-state index is 3.75. The second kappa shape index (κ2) is 2.76. The van der Waals surface area contributed by atoms with Crippen molar-refractivity contribution in [1.82, 2.24) is 0 Å². The predicted octanol–water partition coefficient (Wildman–Crippen LogP) is 3.85. The van der Waals surface area contributed by atoms with Crippen LogP contribution in [0.4, 0.5) is 0 Å². The van der Waals surface area contributed by atoms with Crippen molar-refractivity contribution in [2.24, 2.45) is 0 Å². The molecule has 1 heterocycles. The molecule has 0 nitrogen and oxygen atoms in total. The van der Waals surface area contributed by atoms with E-state index in [1.54, 1.807) is 0 Å². The molecule has 60 valence electrons. The number of rotatable bonds is 1. The molecule has 0 fully saturated rings. The second-order valence-corrected chi connectivity index (χ2v) is 4.15. The van der Waals surface area contributed by atoms with E-state index in [1.165, 1.54) is 20.5 Å². The molecule has 0 atom stereocenters. The van der Waals surface area contributed by atoms with Gasteiger partial charge in [-0.1, -0.05) is 18.7 Å². The number of thiophene rings is 1. The summed E-state index contributed by atoms with van der Waals surface area (Å²) in [6.07, 6.45) is 1.88. The third-order valence-electron chi connectivity index (χ3n) is 1.90. The van der Waals surface area contributed by atoms with Crippen LogP contribution in [-0.4, -0.2) is 0 Å². The van der Waals surface area contributed by atoms with Crippen molar-refractivity contribution in [1.29, 1.82) is 0 Å². The quantitative estimate of drug-likeness (QED) is 0.616. The molecule has 0 amide bonds. The highest BCUT2D eigenvalue weighted by atomic mass is 32.1. The average molecular weight is 174 g/mol. The van der Waals surface area contributed by atoms with E-state index in [4.69, 9.17) is 0 Å². The molecular formula is C11H10S. The molecule has 2 aromatic rings. The Labute approximate surface area is 76.2 Å². The number of hydrogen-bond donors (Lipinski definition) is 0. The Balaban J connectivity index is 2.74. The van der Waals surface area contributed by atoms with Gasteiger partial charge >= 0.3 is 0 Å². The lowest BCUT2D eigenvalue weighted by atomic mass is 10.1. The van der Waals surface area contributed by atoms with Gasteiger partial charge in [0, 0.05) is 9.58 Å². The van der Waals surface area contributed by atoms with Crippen molar-refractivity contribution in [3.8, 4) is 0 Å². The maximum atomic E-state index is 3.75. The molecule has 0 aliphatic carbocycles. The van der Waals surface area contributed by atoms with Crippen molar-refractivity contribution < 1.29 is 0 Å². The van der Waals surface area contributed by atoms with E-state index in [2.05, 4.69) is 37.8 Å². The van der Waals surface area contributed by atoms with Crippen LogP contribution in [0.25, 0.3) is 16.2 Å². The highest BCUT2D eigenvalue weighted by molar-refractivity contribution is 7.19. The molecule has 2 rings (SSSR count). The molecule has 0 aliphatic heterocycles. The summed E-state index contributed by atoms with van der Waals surface area (Å²) in [5.41, 5.74) is 1.19. The van der Waals surface area contributed by atoms with E-state index in [1.807, 2.05) is 17.4 Å². The van der Waals surface area contributed by atoms with E-state index in [9.17, 15) is 0 Å². The first-order valence-corrected chi connectivity index (χ1v) is 4.74. The zero-order chi connectivity index (χ0) is 8.55. The molecular weight excluding hydrogens is 164 g/mol. The minimum atomic E-state index is 1.19. The van der Waals surface area contributed by atoms with Crippen LogP contribution in [-0.2, 0) is 0 Å². The molecule has 0 saturated carbocycles. The fraction of sp³-hybridized carbons (Fsp3) is 0.0909. The molecule has 0 saturated heterocycles. The lowest BCUT2D eigenvalue weighted by molar-refractivity contribution is 1.65. The van der Waals surface area contributed by atoms with Gasteiger partial charge in [0.05, 0.1) is 0 Å². The van der Waals surface area contributed by atoms with Gasteiger partial charge in [-0.05, 0) is 36.1 Å². The summed E-state index contributed by atoms with van der Waals surface area (Å²) in [7, 11) is 0. The minimum absolute atomic E-state index is 1.19. The van der Waals surface area contributed by atoms with Crippen LogP contribution in [0, 0.1) is 6.92 Å². The minimum Gasteiger partial charge on any atom is -0.141 e. The van der Waals surface area contributed by atoms with Crippen molar-refractivity contribution >= 4 is 27.5 Å². The molecule has 1 aromatic heterocycles. The SMILES string of the molecule is C=Cc1ccc2sc(C)cc2c1. The third-order valence-corrected chi connectivity index (χ3v) is 2.93. The number of fused-ring (bicyclic) bond motifs is 1. The van der Waals surface area contributed by atoms with Crippen LogP contribution in [0.2, 0.25) is 0 Å². The highest BCUT2D eigenvalue weighted by Crippen LogP contribution is 2.25. The summed E-state index contributed by atoms with van der Waals surface area (Å²) in [5, 5.41) is 1.33. The van der Waals surface area contributed by atoms with Gasteiger partial charge in [0.1, 0.15) is 0 Å². The van der Waals surface area contributed by atoms with Crippen molar-refractivity contribution in [2.45, 2.75) is 6.92 Å². The summed E-state index contributed by atoms with van der Waals surface area (Å²) in [4.78, 5) is 1.37. The van der Waals surface area contributed by atoms with E-state index >= 15 is 0 Å². The molecule has 0 unspecified atom stereocenters. The van der Waals surface area contributed by atoms with Gasteiger partial charge in [-0.15, -0.1) is 11.3 Å². The zero-order valence-electron chi connectivity index (χ0n) is 7.00. The van der Waals surface area contributed by atoms with Crippen molar-refractivity contribution in [3.05, 3.63) is 41.3 Å². The highest BCUT2D eigenvalue weighted by Gasteiger charge is 1.97. The van der Waals surface area contributed by atoms with Crippen molar-refractivity contribution in [3.63, 3.8) is 0 Å². The topological polar surface area (TPSA) is 0 Å². The molecule has 0 bridgehead atoms. The van der Waals surface area contributed by atoms with Gasteiger partial charge in [-0.3, -0.25) is 0 Å². The van der Waals surface area contributed by atoms with Gasteiger partial charge in [0.2, 0.25) is 0 Å². The maximum Gasteiger partial charge on any atom is 0.0345 e. The molecule has 12 heavy (non-hydrogen) atoms. The summed E-state index contributed by atoms with van der Waals surface area (Å²) in [6.45, 7) is 5.89. The Hall–Kier alpha value is -1.08. The summed E-state index contributed by atoms with van der Waals surface area (Å²) in [5.74, 6) is 0. The van der Waals surface area contributed by atoms with Gasteiger partial charge in [0.15, 0.2) is 0 Å². The van der Waals surface area contributed by atoms with Crippen LogP contribution in [0.1, 0.15) is 10.4 Å². The van der Waals surface area contributed by atoms with Gasteiger partial charge in [-0.2, -0.15) is 0 Å². The molecule has 0 aliphatic rings. The smallest absolute Gasteiger partial charge is 0.0345 e. The normalized spacial score (nSPS) is 10.4. The zero-order valence-corrected chi connectivity index (χ0v) is 7.82. The van der Waals surface area contributed by atoms with Gasteiger partial charge in [-0.25, -0.2) is 0 Å². The largest absolute Gasteiger partial charge is 0.141 e. The monoisotopic (exact) mass is 174 g/mol. The fourth-order valence-corrected chi connectivity index (χ4v) is 2.23. The average Bonchev–Trinajstić information content (AvgIpc) is 2.43. The van der Waals surface area contributed by atoms with Gasteiger partial charge in [0.25, 0.3) is 0 Å². The van der Waals surface area contributed by atoms with Gasteiger partial charge < -0.3 is 0 Å².